The number of nitrogens with one attached hydrogen (secondary N) is 1. The van der Waals surface area contributed by atoms with Crippen LogP contribution in [-0.2, 0) is 11.8 Å². The van der Waals surface area contributed by atoms with E-state index in [0.717, 1.165) is 11.1 Å². The second kappa shape index (κ2) is 9.26. The van der Waals surface area contributed by atoms with Crippen molar-refractivity contribution in [2.45, 2.75) is 6.92 Å². The molecule has 0 saturated carbocycles. The first-order chi connectivity index (χ1) is 16.6. The van der Waals surface area contributed by atoms with Gasteiger partial charge in [0, 0.05) is 46.0 Å². The Hall–Kier alpha value is -4.73. The van der Waals surface area contributed by atoms with Crippen molar-refractivity contribution >= 4 is 29.2 Å². The Morgan fingerprint density at radius 1 is 1.20 bits per heavy atom. The molecule has 0 aliphatic carbocycles. The zero-order valence-electron chi connectivity index (χ0n) is 19.8. The highest BCUT2D eigenvalue weighted by atomic mass is 16.5. The Bertz CT molecular complexity index is 1380. The van der Waals surface area contributed by atoms with Gasteiger partial charge in [-0.25, -0.2) is 4.99 Å². The van der Waals surface area contributed by atoms with Crippen molar-refractivity contribution < 1.29 is 19.1 Å². The lowest BCUT2D eigenvalue weighted by molar-refractivity contribution is -0.131. The molecule has 0 unspecified atom stereocenters. The number of carbonyl (C=O) groups is 3. The molecule has 0 atom stereocenters. The largest absolute Gasteiger partial charge is 0.427 e. The molecule has 0 fully saturated rings. The topological polar surface area (TPSA) is 109 Å². The Balaban J connectivity index is 1.54. The van der Waals surface area contributed by atoms with Crippen molar-refractivity contribution in [1.82, 2.24) is 24.9 Å². The van der Waals surface area contributed by atoms with Crippen molar-refractivity contribution in [2.75, 3.05) is 14.1 Å². The minimum Gasteiger partial charge on any atom is -0.427 e. The Kier molecular flexibility index (Phi) is 6.20. The van der Waals surface area contributed by atoms with Crippen LogP contribution in [0.4, 0.5) is 0 Å². The van der Waals surface area contributed by atoms with Gasteiger partial charge in [0.2, 0.25) is 0 Å². The molecule has 0 radical (unpaired) electrons. The number of benzene rings is 1. The van der Waals surface area contributed by atoms with Gasteiger partial charge in [-0.1, -0.05) is 18.7 Å². The molecule has 10 heteroatoms. The van der Waals surface area contributed by atoms with Gasteiger partial charge in [0.1, 0.15) is 23.1 Å². The zero-order valence-corrected chi connectivity index (χ0v) is 19.8. The summed E-state index contributed by atoms with van der Waals surface area (Å²) in [5, 5.41) is 6.79. The average molecular weight is 473 g/mol. The summed E-state index contributed by atoms with van der Waals surface area (Å²) in [7, 11) is 4.81. The van der Waals surface area contributed by atoms with Crippen LogP contribution >= 0.6 is 0 Å². The van der Waals surface area contributed by atoms with E-state index < -0.39 is 11.9 Å². The van der Waals surface area contributed by atoms with Gasteiger partial charge in [0.25, 0.3) is 11.8 Å². The highest BCUT2D eigenvalue weighted by molar-refractivity contribution is 6.14. The van der Waals surface area contributed by atoms with Crippen molar-refractivity contribution in [1.29, 1.82) is 0 Å². The number of esters is 1. The molecule has 2 aliphatic heterocycles. The molecule has 1 N–H and O–H groups in total. The Labute approximate surface area is 202 Å². The molecular weight excluding hydrogens is 448 g/mol. The molecule has 35 heavy (non-hydrogen) atoms. The van der Waals surface area contributed by atoms with Gasteiger partial charge in [0.05, 0.1) is 11.8 Å². The summed E-state index contributed by atoms with van der Waals surface area (Å²) in [6, 6.07) is 7.16. The van der Waals surface area contributed by atoms with Crippen LogP contribution in [0.5, 0.6) is 5.75 Å². The first kappa shape index (κ1) is 23.4. The standard InChI is InChI=1S/C25H24N6O4/c1-15-11-22-27-21(28-24(33)23-19(13-26-30(23)5)25(34)29(3)4)9-10-31(22)14-20(15)17-7-6-8-18(12-17)35-16(2)32/h6-14H,1H2,2-5H3,(H,27,28,33). The van der Waals surface area contributed by atoms with Gasteiger partial charge < -0.3 is 19.9 Å². The first-order valence-corrected chi connectivity index (χ1v) is 10.7. The maximum absolute atomic E-state index is 13.0. The minimum absolute atomic E-state index is 0.138. The number of aromatic nitrogens is 2. The number of nitrogens with zero attached hydrogens (tertiary/aromatic N) is 5. The van der Waals surface area contributed by atoms with Gasteiger partial charge in [-0.05, 0) is 35.4 Å². The summed E-state index contributed by atoms with van der Waals surface area (Å²) in [6.07, 6.45) is 8.42. The molecule has 1 aromatic heterocycles. The van der Waals surface area contributed by atoms with Gasteiger partial charge in [-0.15, -0.1) is 0 Å². The molecule has 178 valence electrons. The average Bonchev–Trinajstić information content (AvgIpc) is 3.19. The fourth-order valence-corrected chi connectivity index (χ4v) is 3.62. The first-order valence-electron chi connectivity index (χ1n) is 10.7. The van der Waals surface area contributed by atoms with E-state index in [0.29, 0.717) is 23.0 Å². The SMILES string of the molecule is C=C1C=C2N=C(NC(=O)c3c(C(=O)N(C)C)cnn3C)C=CN2C=C1c1cccc(OC(C)=O)c1. The molecular formula is C25H24N6O4. The molecule has 0 spiro atoms. The van der Waals surface area contributed by atoms with Crippen LogP contribution in [0.1, 0.15) is 33.3 Å². The third kappa shape index (κ3) is 4.81. The maximum atomic E-state index is 13.0. The van der Waals surface area contributed by atoms with Gasteiger partial charge in [-0.2, -0.15) is 5.10 Å². The van der Waals surface area contributed by atoms with Crippen LogP contribution < -0.4 is 10.1 Å². The van der Waals surface area contributed by atoms with Crippen LogP contribution in [0.3, 0.4) is 0 Å². The van der Waals surface area contributed by atoms with Crippen molar-refractivity contribution in [3.63, 3.8) is 0 Å². The highest BCUT2D eigenvalue weighted by Crippen LogP contribution is 2.33. The van der Waals surface area contributed by atoms with Gasteiger partial charge >= 0.3 is 5.97 Å². The summed E-state index contributed by atoms with van der Waals surface area (Å²) >= 11 is 0. The lowest BCUT2D eigenvalue weighted by Crippen LogP contribution is -2.35. The van der Waals surface area contributed by atoms with E-state index in [1.807, 2.05) is 12.3 Å². The molecule has 10 nitrogen and oxygen atoms in total. The molecule has 0 bridgehead atoms. The number of ether oxygens (including phenoxy) is 1. The maximum Gasteiger partial charge on any atom is 0.308 e. The molecule has 3 heterocycles. The van der Waals surface area contributed by atoms with Gasteiger partial charge in [0.15, 0.2) is 0 Å². The number of allylic oxidation sites excluding steroid dienone is 3. The smallest absolute Gasteiger partial charge is 0.308 e. The number of fused-ring (bicyclic) bond motifs is 1. The predicted octanol–water partition coefficient (Wildman–Crippen LogP) is 2.46. The van der Waals surface area contributed by atoms with Crippen molar-refractivity contribution in [3.05, 3.63) is 89.8 Å². The monoisotopic (exact) mass is 472 g/mol. The lowest BCUT2D eigenvalue weighted by Gasteiger charge is -2.27. The normalized spacial score (nSPS) is 14.5. The van der Waals surface area contributed by atoms with Crippen molar-refractivity contribution in [3.8, 4) is 5.75 Å². The second-order valence-electron chi connectivity index (χ2n) is 8.10. The number of aliphatic imine (C=N–C) groups is 1. The molecule has 1 aromatic carbocycles. The highest BCUT2D eigenvalue weighted by Gasteiger charge is 2.25. The van der Waals surface area contributed by atoms with E-state index in [4.69, 9.17) is 4.74 Å². The predicted molar refractivity (Wildman–Crippen MR) is 130 cm³/mol. The summed E-state index contributed by atoms with van der Waals surface area (Å²) in [5.41, 5.74) is 2.70. The number of aryl methyl sites for hydroxylation is 1. The third-order valence-corrected chi connectivity index (χ3v) is 5.25. The van der Waals surface area contributed by atoms with Crippen LogP contribution in [0.25, 0.3) is 5.57 Å². The van der Waals surface area contributed by atoms with Crippen molar-refractivity contribution in [2.24, 2.45) is 12.0 Å². The molecule has 4 rings (SSSR count). The summed E-state index contributed by atoms with van der Waals surface area (Å²) in [6.45, 7) is 5.48. The second-order valence-corrected chi connectivity index (χ2v) is 8.10. The van der Waals surface area contributed by atoms with Gasteiger partial charge in [-0.3, -0.25) is 19.1 Å². The number of hydrogen-bond donors (Lipinski definition) is 1. The third-order valence-electron chi connectivity index (χ3n) is 5.25. The van der Waals surface area contributed by atoms with E-state index in [-0.39, 0.29) is 17.2 Å². The minimum atomic E-state index is -0.499. The van der Waals surface area contributed by atoms with E-state index in [1.165, 1.54) is 22.7 Å². The molecule has 0 saturated heterocycles. The van der Waals surface area contributed by atoms with Crippen LogP contribution in [-0.4, -0.2) is 57.3 Å². The van der Waals surface area contributed by atoms with E-state index in [1.54, 1.807) is 62.6 Å². The molecule has 2 aromatic rings. The number of rotatable bonds is 4. The van der Waals surface area contributed by atoms with E-state index >= 15 is 0 Å². The summed E-state index contributed by atoms with van der Waals surface area (Å²) < 4.78 is 6.54. The number of hydrogen-bond acceptors (Lipinski definition) is 7. The van der Waals surface area contributed by atoms with Crippen LogP contribution in [0, 0.1) is 0 Å². The Morgan fingerprint density at radius 3 is 2.69 bits per heavy atom. The summed E-state index contributed by atoms with van der Waals surface area (Å²) in [4.78, 5) is 44.3. The van der Waals surface area contributed by atoms with Crippen LogP contribution in [0.15, 0.2) is 78.0 Å². The lowest BCUT2D eigenvalue weighted by atomic mass is 9.97. The molecule has 2 aliphatic rings. The molecule has 2 amide bonds. The summed E-state index contributed by atoms with van der Waals surface area (Å²) in [5.74, 6) is 0.0924. The quantitative estimate of drug-likeness (QED) is 0.541. The van der Waals surface area contributed by atoms with Crippen LogP contribution in [0.2, 0.25) is 0 Å². The fourth-order valence-electron chi connectivity index (χ4n) is 3.62. The fraction of sp³-hybridized carbons (Fsp3) is 0.160. The van der Waals surface area contributed by atoms with E-state index in [9.17, 15) is 14.4 Å². The number of carbonyl (C=O) groups excluding carboxylic acids is 3. The number of amidine groups is 1. The Morgan fingerprint density at radius 2 is 1.97 bits per heavy atom. The number of amides is 2. The zero-order chi connectivity index (χ0) is 25.3. The van der Waals surface area contributed by atoms with E-state index in [2.05, 4.69) is 22.0 Å².